The molecule has 5 nitrogen and oxygen atoms in total. The van der Waals surface area contributed by atoms with Crippen molar-refractivity contribution < 1.29 is 4.79 Å². The van der Waals surface area contributed by atoms with Crippen LogP contribution in [0.4, 0.5) is 5.82 Å². The quantitative estimate of drug-likeness (QED) is 0.623. The SMILES string of the molecule is Cc1ncccc1C(=O)c1cccc(N2CCNC(c3ccc(Cl)c(Cl)c3)C2)n1. The topological polar surface area (TPSA) is 58.1 Å². The first-order chi connectivity index (χ1) is 14.0. The zero-order valence-corrected chi connectivity index (χ0v) is 17.4. The molecule has 1 fully saturated rings. The third-order valence-corrected chi connectivity index (χ3v) is 5.80. The van der Waals surface area contributed by atoms with Crippen molar-refractivity contribution in [2.24, 2.45) is 0 Å². The van der Waals surface area contributed by atoms with Crippen molar-refractivity contribution in [1.29, 1.82) is 0 Å². The molecular formula is C22H20Cl2N4O. The van der Waals surface area contributed by atoms with Crippen molar-refractivity contribution in [2.75, 3.05) is 24.5 Å². The van der Waals surface area contributed by atoms with Gasteiger partial charge in [-0.15, -0.1) is 0 Å². The van der Waals surface area contributed by atoms with E-state index in [9.17, 15) is 4.79 Å². The smallest absolute Gasteiger partial charge is 0.213 e. The van der Waals surface area contributed by atoms with E-state index in [0.717, 1.165) is 24.5 Å². The maximum absolute atomic E-state index is 12.9. The molecule has 1 aliphatic heterocycles. The fourth-order valence-corrected chi connectivity index (χ4v) is 3.81. The van der Waals surface area contributed by atoms with Crippen LogP contribution in [0.2, 0.25) is 10.0 Å². The molecule has 1 aromatic carbocycles. The summed E-state index contributed by atoms with van der Waals surface area (Å²) in [4.78, 5) is 23.9. The normalized spacial score (nSPS) is 16.7. The predicted molar refractivity (Wildman–Crippen MR) is 116 cm³/mol. The zero-order valence-electron chi connectivity index (χ0n) is 15.9. The molecule has 3 aromatic rings. The minimum Gasteiger partial charge on any atom is -0.353 e. The molecule has 0 aliphatic carbocycles. The number of aryl methyl sites for hydroxylation is 1. The Bertz CT molecular complexity index is 1060. The van der Waals surface area contributed by atoms with Gasteiger partial charge in [-0.25, -0.2) is 4.98 Å². The van der Waals surface area contributed by atoms with Gasteiger partial charge in [-0.05, 0) is 48.9 Å². The van der Waals surface area contributed by atoms with Crippen LogP contribution < -0.4 is 10.2 Å². The summed E-state index contributed by atoms with van der Waals surface area (Å²) in [6.45, 7) is 4.14. The summed E-state index contributed by atoms with van der Waals surface area (Å²) < 4.78 is 0. The summed E-state index contributed by atoms with van der Waals surface area (Å²) in [6, 6.07) is 14.9. The van der Waals surface area contributed by atoms with Crippen molar-refractivity contribution in [3.05, 3.63) is 87.3 Å². The largest absolute Gasteiger partial charge is 0.353 e. The molecular weight excluding hydrogens is 407 g/mol. The van der Waals surface area contributed by atoms with Crippen molar-refractivity contribution in [3.63, 3.8) is 0 Å². The van der Waals surface area contributed by atoms with Crippen LogP contribution in [0.15, 0.2) is 54.7 Å². The molecule has 1 saturated heterocycles. The Morgan fingerprint density at radius 3 is 2.79 bits per heavy atom. The number of ketones is 1. The first-order valence-corrected chi connectivity index (χ1v) is 10.1. The van der Waals surface area contributed by atoms with Crippen LogP contribution in [0.25, 0.3) is 0 Å². The second kappa shape index (κ2) is 8.49. The lowest BCUT2D eigenvalue weighted by atomic mass is 10.0. The number of benzene rings is 1. The Morgan fingerprint density at radius 1 is 1.14 bits per heavy atom. The summed E-state index contributed by atoms with van der Waals surface area (Å²) in [5.41, 5.74) is 2.77. The van der Waals surface area contributed by atoms with Crippen LogP contribution in [0.1, 0.15) is 33.4 Å². The molecule has 1 unspecified atom stereocenters. The number of pyridine rings is 2. The number of hydrogen-bond donors (Lipinski definition) is 1. The molecule has 0 spiro atoms. The van der Waals surface area contributed by atoms with Gasteiger partial charge >= 0.3 is 0 Å². The van der Waals surface area contributed by atoms with Gasteiger partial charge in [0.25, 0.3) is 0 Å². The van der Waals surface area contributed by atoms with Gasteiger partial charge in [-0.3, -0.25) is 9.78 Å². The first-order valence-electron chi connectivity index (χ1n) is 9.39. The number of aromatic nitrogens is 2. The molecule has 3 heterocycles. The van der Waals surface area contributed by atoms with Crippen LogP contribution in [0.5, 0.6) is 0 Å². The molecule has 0 saturated carbocycles. The number of anilines is 1. The standard InChI is InChI=1S/C22H20Cl2N4O/c1-14-16(4-3-9-25-14)22(29)19-5-2-6-21(27-19)28-11-10-26-20(13-28)15-7-8-17(23)18(24)12-15/h2-9,12,20,26H,10-11,13H2,1H3. The monoisotopic (exact) mass is 426 g/mol. The third kappa shape index (κ3) is 4.27. The van der Waals surface area contributed by atoms with E-state index in [1.54, 1.807) is 24.4 Å². The molecule has 0 radical (unpaired) electrons. The second-order valence-corrected chi connectivity index (χ2v) is 7.79. The molecule has 1 N–H and O–H groups in total. The average molecular weight is 427 g/mol. The Kier molecular flexibility index (Phi) is 5.81. The maximum atomic E-state index is 12.9. The molecule has 0 bridgehead atoms. The molecule has 29 heavy (non-hydrogen) atoms. The molecule has 4 rings (SSSR count). The minimum atomic E-state index is -0.117. The van der Waals surface area contributed by atoms with Crippen molar-refractivity contribution in [2.45, 2.75) is 13.0 Å². The van der Waals surface area contributed by atoms with Crippen molar-refractivity contribution >= 4 is 34.8 Å². The van der Waals surface area contributed by atoms with Crippen LogP contribution in [0, 0.1) is 6.92 Å². The number of carbonyl (C=O) groups excluding carboxylic acids is 1. The zero-order chi connectivity index (χ0) is 20.4. The van der Waals surface area contributed by atoms with Gasteiger partial charge in [0.15, 0.2) is 0 Å². The number of hydrogen-bond acceptors (Lipinski definition) is 5. The van der Waals surface area contributed by atoms with Gasteiger partial charge in [-0.2, -0.15) is 0 Å². The number of piperazine rings is 1. The third-order valence-electron chi connectivity index (χ3n) is 5.06. The van der Waals surface area contributed by atoms with Gasteiger partial charge in [0.2, 0.25) is 5.78 Å². The van der Waals surface area contributed by atoms with E-state index in [4.69, 9.17) is 23.2 Å². The van der Waals surface area contributed by atoms with E-state index in [-0.39, 0.29) is 11.8 Å². The van der Waals surface area contributed by atoms with Gasteiger partial charge < -0.3 is 10.2 Å². The predicted octanol–water partition coefficient (Wildman–Crippen LogP) is 4.47. The molecule has 7 heteroatoms. The summed E-state index contributed by atoms with van der Waals surface area (Å²) in [5.74, 6) is 0.664. The lowest BCUT2D eigenvalue weighted by Gasteiger charge is -2.35. The number of carbonyl (C=O) groups is 1. The minimum absolute atomic E-state index is 0.0974. The van der Waals surface area contributed by atoms with E-state index >= 15 is 0 Å². The van der Waals surface area contributed by atoms with Crippen molar-refractivity contribution in [1.82, 2.24) is 15.3 Å². The van der Waals surface area contributed by atoms with Crippen LogP contribution >= 0.6 is 23.2 Å². The first kappa shape index (κ1) is 19.8. The fourth-order valence-electron chi connectivity index (χ4n) is 3.50. The lowest BCUT2D eigenvalue weighted by molar-refractivity contribution is 0.103. The Balaban J connectivity index is 1.57. The Hall–Kier alpha value is -2.47. The number of nitrogens with zero attached hydrogens (tertiary/aromatic N) is 3. The Morgan fingerprint density at radius 2 is 2.00 bits per heavy atom. The van der Waals surface area contributed by atoms with Crippen LogP contribution in [-0.2, 0) is 0 Å². The van der Waals surface area contributed by atoms with E-state index in [1.807, 2.05) is 37.3 Å². The van der Waals surface area contributed by atoms with E-state index in [1.165, 1.54) is 0 Å². The van der Waals surface area contributed by atoms with E-state index in [0.29, 0.717) is 33.5 Å². The number of rotatable bonds is 4. The van der Waals surface area contributed by atoms with Crippen LogP contribution in [0.3, 0.4) is 0 Å². The molecule has 1 atom stereocenters. The molecule has 148 valence electrons. The fraction of sp³-hybridized carbons (Fsp3) is 0.227. The number of halogens is 2. The Labute approximate surface area is 179 Å². The summed E-state index contributed by atoms with van der Waals surface area (Å²) in [5, 5.41) is 4.59. The summed E-state index contributed by atoms with van der Waals surface area (Å²) in [6.07, 6.45) is 1.68. The molecule has 1 aliphatic rings. The highest BCUT2D eigenvalue weighted by Crippen LogP contribution is 2.28. The number of nitrogens with one attached hydrogen (secondary N) is 1. The molecule has 2 aromatic heterocycles. The van der Waals surface area contributed by atoms with Crippen molar-refractivity contribution in [3.8, 4) is 0 Å². The van der Waals surface area contributed by atoms with Gasteiger partial charge in [-0.1, -0.05) is 35.3 Å². The highest BCUT2D eigenvalue weighted by atomic mass is 35.5. The van der Waals surface area contributed by atoms with Gasteiger partial charge in [0.05, 0.1) is 10.0 Å². The van der Waals surface area contributed by atoms with E-state index < -0.39 is 0 Å². The summed E-state index contributed by atoms with van der Waals surface area (Å²) >= 11 is 12.2. The average Bonchev–Trinajstić information content (AvgIpc) is 2.76. The van der Waals surface area contributed by atoms with E-state index in [2.05, 4.69) is 20.2 Å². The lowest BCUT2D eigenvalue weighted by Crippen LogP contribution is -2.46. The molecule has 0 amide bonds. The van der Waals surface area contributed by atoms with Crippen LogP contribution in [-0.4, -0.2) is 35.4 Å². The highest BCUT2D eigenvalue weighted by molar-refractivity contribution is 6.42. The second-order valence-electron chi connectivity index (χ2n) is 6.97. The highest BCUT2D eigenvalue weighted by Gasteiger charge is 2.23. The summed E-state index contributed by atoms with van der Waals surface area (Å²) in [7, 11) is 0. The van der Waals surface area contributed by atoms with Gasteiger partial charge in [0.1, 0.15) is 11.5 Å². The van der Waals surface area contributed by atoms with Gasteiger partial charge in [0, 0.05) is 43.1 Å². The maximum Gasteiger partial charge on any atom is 0.213 e.